The topological polar surface area (TPSA) is 183 Å². The highest BCUT2D eigenvalue weighted by Crippen LogP contribution is 2.35. The second kappa shape index (κ2) is 11.8. The van der Waals surface area contributed by atoms with Gasteiger partial charge < -0.3 is 30.2 Å². The van der Waals surface area contributed by atoms with E-state index in [-0.39, 0.29) is 12.4 Å². The summed E-state index contributed by atoms with van der Waals surface area (Å²) in [4.78, 5) is 31.3. The molecule has 2 aromatic carbocycles. The number of rotatable bonds is 9. The van der Waals surface area contributed by atoms with Crippen LogP contribution in [-0.2, 0) is 22.7 Å². The van der Waals surface area contributed by atoms with Crippen LogP contribution in [0.25, 0.3) is 21.6 Å². The number of aliphatic hydroxyl groups excluding tert-OH is 1. The SMILES string of the molecule is CNC(=O)[C@H]1O[C@H](c2nc(NCc3cc(Cl)ccc3OCc3ccc(C)cc3)c3[nH]cnc3n2)[C@H](O)[C@@H]1N=[N+]=[N-]. The van der Waals surface area contributed by atoms with Crippen LogP contribution >= 0.6 is 11.6 Å². The molecule has 0 aliphatic carbocycles. The van der Waals surface area contributed by atoms with Gasteiger partial charge in [0.2, 0.25) is 5.91 Å². The fourth-order valence-electron chi connectivity index (χ4n) is 4.39. The number of aliphatic hydroxyl groups is 1. The van der Waals surface area contributed by atoms with E-state index in [9.17, 15) is 9.90 Å². The number of H-pyrrole nitrogens is 1. The molecule has 40 heavy (non-hydrogen) atoms. The fraction of sp³-hybridized carbons (Fsp3) is 0.308. The summed E-state index contributed by atoms with van der Waals surface area (Å²) in [5.41, 5.74) is 12.8. The van der Waals surface area contributed by atoms with Crippen molar-refractivity contribution in [1.29, 1.82) is 0 Å². The van der Waals surface area contributed by atoms with Crippen molar-refractivity contribution in [3.63, 3.8) is 0 Å². The molecule has 1 fully saturated rings. The smallest absolute Gasteiger partial charge is 0.249 e. The minimum absolute atomic E-state index is 0.0704. The highest BCUT2D eigenvalue weighted by molar-refractivity contribution is 6.30. The molecule has 0 radical (unpaired) electrons. The van der Waals surface area contributed by atoms with Crippen LogP contribution in [0.1, 0.15) is 28.6 Å². The van der Waals surface area contributed by atoms with Crippen LogP contribution in [0.15, 0.2) is 53.9 Å². The minimum Gasteiger partial charge on any atom is -0.489 e. The number of fused-ring (bicyclic) bond motifs is 1. The Kier molecular flexibility index (Phi) is 7.99. The molecule has 14 heteroatoms. The number of aryl methyl sites for hydroxylation is 1. The van der Waals surface area contributed by atoms with Crippen LogP contribution < -0.4 is 15.4 Å². The summed E-state index contributed by atoms with van der Waals surface area (Å²) in [6, 6.07) is 12.3. The summed E-state index contributed by atoms with van der Waals surface area (Å²) < 4.78 is 11.9. The molecular formula is C26H26ClN9O4. The van der Waals surface area contributed by atoms with Crippen LogP contribution in [0, 0.1) is 6.92 Å². The van der Waals surface area contributed by atoms with Gasteiger partial charge >= 0.3 is 0 Å². The van der Waals surface area contributed by atoms with Crippen molar-refractivity contribution in [1.82, 2.24) is 25.3 Å². The molecular weight excluding hydrogens is 538 g/mol. The Morgan fingerprint density at radius 3 is 2.83 bits per heavy atom. The van der Waals surface area contributed by atoms with Gasteiger partial charge in [-0.05, 0) is 36.2 Å². The number of aromatic amines is 1. The first kappa shape index (κ1) is 27.2. The molecule has 1 aliphatic heterocycles. The molecule has 4 atom stereocenters. The number of anilines is 1. The van der Waals surface area contributed by atoms with Gasteiger partial charge in [-0.25, -0.2) is 15.0 Å². The van der Waals surface area contributed by atoms with Crippen LogP contribution in [0.4, 0.5) is 5.82 Å². The van der Waals surface area contributed by atoms with Crippen LogP contribution in [-0.4, -0.2) is 56.2 Å². The van der Waals surface area contributed by atoms with Crippen molar-refractivity contribution in [2.45, 2.75) is 44.4 Å². The number of aromatic nitrogens is 4. The third-order valence-corrected chi connectivity index (χ3v) is 6.73. The summed E-state index contributed by atoms with van der Waals surface area (Å²) in [6.07, 6.45) is -2.25. The van der Waals surface area contributed by atoms with E-state index in [1.165, 1.54) is 18.9 Å². The van der Waals surface area contributed by atoms with Crippen molar-refractivity contribution in [3.05, 3.63) is 86.8 Å². The average molecular weight is 564 g/mol. The molecule has 0 bridgehead atoms. The summed E-state index contributed by atoms with van der Waals surface area (Å²) in [5.74, 6) is 0.549. The second-order valence-electron chi connectivity index (χ2n) is 9.19. The molecule has 206 valence electrons. The molecule has 0 saturated carbocycles. The number of ether oxygens (including phenoxy) is 2. The Morgan fingerprint density at radius 2 is 2.08 bits per heavy atom. The van der Waals surface area contributed by atoms with E-state index in [1.807, 2.05) is 37.3 Å². The molecule has 0 spiro atoms. The lowest BCUT2D eigenvalue weighted by Crippen LogP contribution is -2.40. The number of carbonyl (C=O) groups is 1. The lowest BCUT2D eigenvalue weighted by atomic mass is 10.0. The highest BCUT2D eigenvalue weighted by atomic mass is 35.5. The molecule has 13 nitrogen and oxygen atoms in total. The summed E-state index contributed by atoms with van der Waals surface area (Å²) in [7, 11) is 1.42. The monoisotopic (exact) mass is 563 g/mol. The minimum atomic E-state index is -1.36. The molecule has 1 saturated heterocycles. The van der Waals surface area contributed by atoms with E-state index >= 15 is 0 Å². The number of azide groups is 1. The zero-order chi connectivity index (χ0) is 28.2. The maximum atomic E-state index is 12.3. The second-order valence-corrected chi connectivity index (χ2v) is 9.63. The Hall–Kier alpha value is -4.42. The van der Waals surface area contributed by atoms with E-state index in [4.69, 9.17) is 26.6 Å². The average Bonchev–Trinajstić information content (AvgIpc) is 3.56. The van der Waals surface area contributed by atoms with Crippen LogP contribution in [0.3, 0.4) is 0 Å². The molecule has 1 aliphatic rings. The molecule has 0 unspecified atom stereocenters. The largest absolute Gasteiger partial charge is 0.489 e. The Balaban J connectivity index is 1.40. The van der Waals surface area contributed by atoms with Crippen molar-refractivity contribution < 1.29 is 19.4 Å². The van der Waals surface area contributed by atoms with Gasteiger partial charge in [-0.1, -0.05) is 46.5 Å². The van der Waals surface area contributed by atoms with Gasteiger partial charge in [0.1, 0.15) is 36.1 Å². The normalized spacial score (nSPS) is 20.2. The summed E-state index contributed by atoms with van der Waals surface area (Å²) in [5, 5.41) is 20.7. The number of nitrogens with one attached hydrogen (secondary N) is 3. The Morgan fingerprint density at radius 1 is 1.27 bits per heavy atom. The first-order valence-corrected chi connectivity index (χ1v) is 12.8. The van der Waals surface area contributed by atoms with Crippen LogP contribution in [0.5, 0.6) is 5.75 Å². The lowest BCUT2D eigenvalue weighted by Gasteiger charge is -2.16. The van der Waals surface area contributed by atoms with Crippen molar-refractivity contribution >= 4 is 34.5 Å². The number of halogens is 1. The molecule has 2 aromatic heterocycles. The van der Waals surface area contributed by atoms with E-state index in [0.717, 1.165) is 11.1 Å². The van der Waals surface area contributed by atoms with Crippen molar-refractivity contribution in [3.8, 4) is 5.75 Å². The van der Waals surface area contributed by atoms with E-state index in [0.29, 0.717) is 34.4 Å². The number of imidazole rings is 1. The molecule has 4 N–H and O–H groups in total. The number of nitrogens with zero attached hydrogens (tertiary/aromatic N) is 6. The Labute approximate surface area is 233 Å². The van der Waals surface area contributed by atoms with Gasteiger partial charge in [0.25, 0.3) is 0 Å². The van der Waals surface area contributed by atoms with Gasteiger partial charge in [0, 0.05) is 29.1 Å². The maximum absolute atomic E-state index is 12.3. The van der Waals surface area contributed by atoms with E-state index in [1.54, 1.807) is 12.1 Å². The van der Waals surface area contributed by atoms with Gasteiger partial charge in [-0.3, -0.25) is 4.79 Å². The summed E-state index contributed by atoms with van der Waals surface area (Å²) in [6.45, 7) is 2.69. The predicted octanol–water partition coefficient (Wildman–Crippen LogP) is 3.73. The third kappa shape index (κ3) is 5.63. The quantitative estimate of drug-likeness (QED) is 0.135. The number of carbonyl (C=O) groups excluding carboxylic acids is 1. The van der Waals surface area contributed by atoms with Gasteiger partial charge in [0.05, 0.1) is 12.4 Å². The highest BCUT2D eigenvalue weighted by Gasteiger charge is 2.48. The standard InChI is InChI=1S/C26H26ClN9O4/c1-13-3-5-14(6-4-13)11-39-17-8-7-16(27)9-15(17)10-30-23-19-24(32-12-31-19)34-25(33-23)22-20(37)18(35-36-28)21(40-22)26(38)29-2/h3-9,12,18,20-22,37H,10-11H2,1-2H3,(H,29,38)(H2,30,31,32,33,34)/t18-,20+,21-,22-/m0/s1. The third-order valence-electron chi connectivity index (χ3n) is 6.49. The predicted molar refractivity (Wildman–Crippen MR) is 147 cm³/mol. The van der Waals surface area contributed by atoms with E-state index in [2.05, 4.69) is 40.6 Å². The van der Waals surface area contributed by atoms with Crippen LogP contribution in [0.2, 0.25) is 5.02 Å². The molecule has 4 aromatic rings. The van der Waals surface area contributed by atoms with E-state index < -0.39 is 30.3 Å². The number of likely N-dealkylation sites (N-methyl/N-ethyl adjacent to an activating group) is 1. The molecule has 5 rings (SSSR count). The first-order chi connectivity index (χ1) is 19.4. The lowest BCUT2D eigenvalue weighted by molar-refractivity contribution is -0.132. The number of hydrogen-bond donors (Lipinski definition) is 4. The Bertz CT molecular complexity index is 1570. The van der Waals surface area contributed by atoms with Gasteiger partial charge in [-0.15, -0.1) is 0 Å². The zero-order valence-corrected chi connectivity index (χ0v) is 22.3. The summed E-state index contributed by atoms with van der Waals surface area (Å²) >= 11 is 6.29. The number of benzene rings is 2. The first-order valence-electron chi connectivity index (χ1n) is 12.4. The number of amides is 1. The number of hydrogen-bond acceptors (Lipinski definition) is 9. The van der Waals surface area contributed by atoms with Crippen molar-refractivity contribution in [2.75, 3.05) is 12.4 Å². The zero-order valence-electron chi connectivity index (χ0n) is 21.6. The van der Waals surface area contributed by atoms with Crippen molar-refractivity contribution in [2.24, 2.45) is 5.11 Å². The van der Waals surface area contributed by atoms with Gasteiger partial charge in [0.15, 0.2) is 17.3 Å². The fourth-order valence-corrected chi connectivity index (χ4v) is 4.59. The molecule has 1 amide bonds. The molecule has 3 heterocycles. The maximum Gasteiger partial charge on any atom is 0.249 e. The van der Waals surface area contributed by atoms with Gasteiger partial charge in [-0.2, -0.15) is 0 Å².